The molecule has 0 aliphatic rings. The third-order valence-corrected chi connectivity index (χ3v) is 3.21. The molecular weight excluding hydrogens is 270 g/mol. The Labute approximate surface area is 112 Å². The number of pyridine rings is 1. The molecule has 0 aliphatic carbocycles. The number of carbonyl (C=O) groups is 1. The van der Waals surface area contributed by atoms with E-state index < -0.39 is 22.8 Å². The molecule has 2 aromatic rings. The normalized spacial score (nSPS) is 10.7. The summed E-state index contributed by atoms with van der Waals surface area (Å²) in [5.41, 5.74) is -0.824. The quantitative estimate of drug-likeness (QED) is 0.487. The molecule has 0 saturated carbocycles. The van der Waals surface area contributed by atoms with Crippen LogP contribution in [0.2, 0.25) is 0 Å². The van der Waals surface area contributed by atoms with E-state index in [1.54, 1.807) is 6.26 Å². The fourth-order valence-electron chi connectivity index (χ4n) is 1.66. The summed E-state index contributed by atoms with van der Waals surface area (Å²) in [6.07, 6.45) is 3.16. The maximum Gasteiger partial charge on any atom is 0.347 e. The van der Waals surface area contributed by atoms with E-state index in [0.717, 1.165) is 7.11 Å². The van der Waals surface area contributed by atoms with Crippen LogP contribution in [0.15, 0.2) is 16.1 Å². The van der Waals surface area contributed by atoms with Gasteiger partial charge in [0, 0.05) is 13.2 Å². The van der Waals surface area contributed by atoms with Crippen molar-refractivity contribution in [2.45, 2.75) is 5.16 Å². The first-order valence-corrected chi connectivity index (χ1v) is 6.44. The van der Waals surface area contributed by atoms with Gasteiger partial charge in [-0.3, -0.25) is 9.36 Å². The second kappa shape index (κ2) is 4.88. The van der Waals surface area contributed by atoms with Crippen LogP contribution in [0.25, 0.3) is 11.0 Å². The number of fused-ring (bicyclic) bond motifs is 1. The molecule has 0 atom stereocenters. The lowest BCUT2D eigenvalue weighted by atomic mass is 10.2. The molecule has 0 aliphatic heterocycles. The largest absolute Gasteiger partial charge is 0.506 e. The molecule has 0 aromatic carbocycles. The molecule has 19 heavy (non-hydrogen) atoms. The first-order chi connectivity index (χ1) is 9.01. The second-order valence-electron chi connectivity index (χ2n) is 3.67. The van der Waals surface area contributed by atoms with Gasteiger partial charge in [-0.15, -0.1) is 0 Å². The number of aryl methyl sites for hydroxylation is 1. The number of ether oxygens (including phenoxy) is 1. The van der Waals surface area contributed by atoms with Gasteiger partial charge >= 0.3 is 5.97 Å². The average Bonchev–Trinajstić information content (AvgIpc) is 2.44. The van der Waals surface area contributed by atoms with Gasteiger partial charge in [0.1, 0.15) is 5.75 Å². The zero-order chi connectivity index (χ0) is 14.2. The van der Waals surface area contributed by atoms with Crippen LogP contribution in [0.3, 0.4) is 0 Å². The maximum absolute atomic E-state index is 12.0. The highest BCUT2D eigenvalue weighted by molar-refractivity contribution is 7.98. The van der Waals surface area contributed by atoms with Crippen LogP contribution in [-0.2, 0) is 11.8 Å². The molecule has 2 heterocycles. The van der Waals surface area contributed by atoms with Crippen molar-refractivity contribution >= 4 is 28.8 Å². The van der Waals surface area contributed by atoms with Crippen LogP contribution in [0, 0.1) is 0 Å². The van der Waals surface area contributed by atoms with Gasteiger partial charge < -0.3 is 9.84 Å². The number of aromatic hydroxyl groups is 1. The molecule has 1 N–H and O–H groups in total. The lowest BCUT2D eigenvalue weighted by Crippen LogP contribution is -2.26. The van der Waals surface area contributed by atoms with Gasteiger partial charge in [0.2, 0.25) is 0 Å². The van der Waals surface area contributed by atoms with Gasteiger partial charge in [0.15, 0.2) is 16.4 Å². The van der Waals surface area contributed by atoms with Gasteiger partial charge in [-0.05, 0) is 6.26 Å². The van der Waals surface area contributed by atoms with Crippen molar-refractivity contribution in [1.82, 2.24) is 14.5 Å². The van der Waals surface area contributed by atoms with Crippen LogP contribution >= 0.6 is 11.8 Å². The molecule has 8 heteroatoms. The van der Waals surface area contributed by atoms with Crippen molar-refractivity contribution in [1.29, 1.82) is 0 Å². The second-order valence-corrected chi connectivity index (χ2v) is 4.45. The van der Waals surface area contributed by atoms with E-state index in [1.165, 1.54) is 29.6 Å². The minimum Gasteiger partial charge on any atom is -0.506 e. The minimum atomic E-state index is -0.894. The Morgan fingerprint density at radius 2 is 2.21 bits per heavy atom. The number of nitrogens with zero attached hydrogens (tertiary/aromatic N) is 3. The fraction of sp³-hybridized carbons (Fsp3) is 0.273. The van der Waals surface area contributed by atoms with Gasteiger partial charge in [0.05, 0.1) is 12.5 Å². The van der Waals surface area contributed by atoms with E-state index in [2.05, 4.69) is 14.7 Å². The number of hydrogen-bond donors (Lipinski definition) is 1. The predicted molar refractivity (Wildman–Crippen MR) is 69.6 cm³/mol. The van der Waals surface area contributed by atoms with E-state index in [-0.39, 0.29) is 11.0 Å². The predicted octanol–water partition coefficient (Wildman–Crippen LogP) is 0.543. The first kappa shape index (κ1) is 13.3. The lowest BCUT2D eigenvalue weighted by Gasteiger charge is -2.09. The SMILES string of the molecule is COC(=O)c1c(O)c2cnc(SC)nc2n(C)c1=O. The van der Waals surface area contributed by atoms with E-state index in [9.17, 15) is 14.7 Å². The number of hydrogen-bond acceptors (Lipinski definition) is 7. The van der Waals surface area contributed by atoms with Crippen LogP contribution in [0.4, 0.5) is 0 Å². The third kappa shape index (κ3) is 2.03. The van der Waals surface area contributed by atoms with E-state index >= 15 is 0 Å². The molecule has 100 valence electrons. The summed E-state index contributed by atoms with van der Waals surface area (Å²) in [7, 11) is 2.60. The average molecular weight is 281 g/mol. The van der Waals surface area contributed by atoms with Crippen molar-refractivity contribution in [3.63, 3.8) is 0 Å². The zero-order valence-electron chi connectivity index (χ0n) is 10.5. The molecule has 0 fully saturated rings. The molecule has 0 bridgehead atoms. The van der Waals surface area contributed by atoms with Crippen LogP contribution < -0.4 is 5.56 Å². The molecule has 7 nitrogen and oxygen atoms in total. The number of carbonyl (C=O) groups excluding carboxylic acids is 1. The Kier molecular flexibility index (Phi) is 3.43. The third-order valence-electron chi connectivity index (χ3n) is 2.65. The Balaban J connectivity index is 2.91. The molecule has 2 aromatic heterocycles. The van der Waals surface area contributed by atoms with Crippen molar-refractivity contribution in [3.05, 3.63) is 22.1 Å². The van der Waals surface area contributed by atoms with Crippen molar-refractivity contribution < 1.29 is 14.6 Å². The van der Waals surface area contributed by atoms with Crippen LogP contribution in [0.1, 0.15) is 10.4 Å². The minimum absolute atomic E-state index is 0.223. The number of methoxy groups -OCH3 is 1. The van der Waals surface area contributed by atoms with E-state index in [1.807, 2.05) is 0 Å². The summed E-state index contributed by atoms with van der Waals surface area (Å²) in [5, 5.41) is 10.7. The standard InChI is InChI=1S/C11H11N3O4S/c1-14-8-5(4-12-11(13-8)19-3)7(15)6(9(14)16)10(17)18-2/h4,15H,1-3H3. The lowest BCUT2D eigenvalue weighted by molar-refractivity contribution is 0.0595. The number of esters is 1. The molecular formula is C11H11N3O4S. The Morgan fingerprint density at radius 3 is 2.79 bits per heavy atom. The summed E-state index contributed by atoms with van der Waals surface area (Å²) in [6, 6.07) is 0. The van der Waals surface area contributed by atoms with Gasteiger partial charge in [0.25, 0.3) is 5.56 Å². The number of thioether (sulfide) groups is 1. The smallest absolute Gasteiger partial charge is 0.347 e. The molecule has 0 saturated heterocycles. The number of rotatable bonds is 2. The molecule has 2 rings (SSSR count). The summed E-state index contributed by atoms with van der Waals surface area (Å²) in [4.78, 5) is 31.7. The van der Waals surface area contributed by atoms with Gasteiger partial charge in [-0.1, -0.05) is 11.8 Å². The van der Waals surface area contributed by atoms with Gasteiger partial charge in [-0.25, -0.2) is 14.8 Å². The Morgan fingerprint density at radius 1 is 1.53 bits per heavy atom. The first-order valence-electron chi connectivity index (χ1n) is 5.22. The topological polar surface area (TPSA) is 94.3 Å². The highest BCUT2D eigenvalue weighted by Crippen LogP contribution is 2.25. The van der Waals surface area contributed by atoms with Crippen LogP contribution in [0.5, 0.6) is 5.75 Å². The molecule has 0 unspecified atom stereocenters. The zero-order valence-corrected chi connectivity index (χ0v) is 11.3. The fourth-order valence-corrected chi connectivity index (χ4v) is 2.00. The maximum atomic E-state index is 12.0. The summed E-state index contributed by atoms with van der Waals surface area (Å²) in [6.45, 7) is 0. The van der Waals surface area contributed by atoms with Crippen LogP contribution in [-0.4, -0.2) is 39.0 Å². The highest BCUT2D eigenvalue weighted by Gasteiger charge is 2.22. The monoisotopic (exact) mass is 281 g/mol. The van der Waals surface area contributed by atoms with E-state index in [4.69, 9.17) is 0 Å². The summed E-state index contributed by atoms with van der Waals surface area (Å²) < 4.78 is 5.67. The number of aromatic nitrogens is 3. The molecule has 0 radical (unpaired) electrons. The molecule has 0 amide bonds. The van der Waals surface area contributed by atoms with Crippen molar-refractivity contribution in [3.8, 4) is 5.75 Å². The van der Waals surface area contributed by atoms with Crippen molar-refractivity contribution in [2.75, 3.05) is 13.4 Å². The highest BCUT2D eigenvalue weighted by atomic mass is 32.2. The van der Waals surface area contributed by atoms with Crippen molar-refractivity contribution in [2.24, 2.45) is 7.05 Å². The van der Waals surface area contributed by atoms with E-state index in [0.29, 0.717) is 5.16 Å². The summed E-state index contributed by atoms with van der Waals surface area (Å²) in [5.74, 6) is -1.36. The Bertz CT molecular complexity index is 726. The molecule has 0 spiro atoms. The Hall–Kier alpha value is -2.09. The summed E-state index contributed by atoms with van der Waals surface area (Å²) >= 11 is 1.31. The van der Waals surface area contributed by atoms with Gasteiger partial charge in [-0.2, -0.15) is 0 Å².